The van der Waals surface area contributed by atoms with E-state index in [1.54, 1.807) is 43.9 Å². The highest BCUT2D eigenvalue weighted by atomic mass is 16.6. The minimum Gasteiger partial charge on any atom is -0.444 e. The summed E-state index contributed by atoms with van der Waals surface area (Å²) in [5, 5.41) is 2.79. The number of hydrogen-bond acceptors (Lipinski definition) is 4. The van der Waals surface area contributed by atoms with Crippen LogP contribution in [0.3, 0.4) is 0 Å². The Balaban J connectivity index is 2.04. The Morgan fingerprint density at radius 2 is 1.78 bits per heavy atom. The van der Waals surface area contributed by atoms with E-state index in [4.69, 9.17) is 11.3 Å². The molecule has 0 radical (unpaired) electrons. The molecule has 1 saturated heterocycles. The molecule has 0 bridgehead atoms. The molecular weight excluding hydrogens is 346 g/mol. The van der Waals surface area contributed by atoms with E-state index in [2.05, 4.69) is 10.2 Å². The van der Waals surface area contributed by atoms with Crippen molar-refractivity contribution >= 4 is 17.8 Å². The van der Waals surface area contributed by atoms with Gasteiger partial charge in [-0.1, -0.05) is 12.1 Å². The first-order valence-corrected chi connectivity index (χ1v) is 8.85. The van der Waals surface area contributed by atoms with E-state index < -0.39 is 23.3 Å². The fourth-order valence-corrected chi connectivity index (χ4v) is 2.81. The van der Waals surface area contributed by atoms with Gasteiger partial charge in [-0.15, -0.1) is 0 Å². The molecule has 0 atom stereocenters. The number of ether oxygens (including phenoxy) is 1. The summed E-state index contributed by atoms with van der Waals surface area (Å²) in [5.74, 6) is -0.532. The van der Waals surface area contributed by atoms with Crippen molar-refractivity contribution in [3.05, 3.63) is 46.8 Å². The molecule has 1 aliphatic rings. The first-order valence-electron chi connectivity index (χ1n) is 8.85. The minimum atomic E-state index is -1.07. The monoisotopic (exact) mass is 371 g/mol. The van der Waals surface area contributed by atoms with Gasteiger partial charge in [0.1, 0.15) is 5.60 Å². The predicted octanol–water partition coefficient (Wildman–Crippen LogP) is 3.27. The van der Waals surface area contributed by atoms with Gasteiger partial charge in [0.05, 0.1) is 12.8 Å². The van der Waals surface area contributed by atoms with Crippen molar-refractivity contribution in [2.45, 2.75) is 51.8 Å². The molecule has 0 aliphatic carbocycles. The first-order chi connectivity index (χ1) is 12.6. The lowest BCUT2D eigenvalue weighted by Crippen LogP contribution is -2.54. The third-order valence-electron chi connectivity index (χ3n) is 4.33. The van der Waals surface area contributed by atoms with E-state index in [-0.39, 0.29) is 5.78 Å². The molecule has 1 aromatic rings. The SMILES string of the molecule is [C-]#[N+]C1(NC(=O)c2cccc(C(C)=O)c2)CCN(C(=O)OC(C)(C)C)CC1. The maximum absolute atomic E-state index is 12.6. The van der Waals surface area contributed by atoms with Crippen molar-refractivity contribution in [1.29, 1.82) is 0 Å². The summed E-state index contributed by atoms with van der Waals surface area (Å²) in [6.45, 7) is 15.0. The summed E-state index contributed by atoms with van der Waals surface area (Å²) < 4.78 is 5.36. The minimum absolute atomic E-state index is 0.129. The molecule has 2 rings (SSSR count). The number of likely N-dealkylation sites (tertiary alicyclic amines) is 1. The zero-order valence-corrected chi connectivity index (χ0v) is 16.2. The van der Waals surface area contributed by atoms with Gasteiger partial charge in [-0.05, 0) is 39.8 Å². The lowest BCUT2D eigenvalue weighted by molar-refractivity contribution is 0.0172. The number of hydrogen-bond donors (Lipinski definition) is 1. The Hall–Kier alpha value is -2.88. The molecule has 7 heteroatoms. The lowest BCUT2D eigenvalue weighted by Gasteiger charge is -2.35. The van der Waals surface area contributed by atoms with Gasteiger partial charge in [0.2, 0.25) is 0 Å². The third-order valence-corrected chi connectivity index (χ3v) is 4.33. The smallest absolute Gasteiger partial charge is 0.410 e. The van der Waals surface area contributed by atoms with Crippen LogP contribution in [0.4, 0.5) is 4.79 Å². The standard InChI is InChI=1S/C20H25N3O4/c1-14(24)15-7-6-8-16(13-15)17(25)22-20(21-5)9-11-23(12-10-20)18(26)27-19(2,3)4/h6-8,13H,9-12H2,1-4H3,(H,22,25). The van der Waals surface area contributed by atoms with Gasteiger partial charge in [-0.25, -0.2) is 11.4 Å². The summed E-state index contributed by atoms with van der Waals surface area (Å²) >= 11 is 0. The van der Waals surface area contributed by atoms with E-state index in [1.807, 2.05) is 0 Å². The van der Waals surface area contributed by atoms with Gasteiger partial charge in [-0.3, -0.25) is 19.8 Å². The van der Waals surface area contributed by atoms with Crippen LogP contribution in [0.2, 0.25) is 0 Å². The highest BCUT2D eigenvalue weighted by Crippen LogP contribution is 2.26. The van der Waals surface area contributed by atoms with E-state index in [9.17, 15) is 14.4 Å². The molecule has 27 heavy (non-hydrogen) atoms. The molecule has 1 aliphatic heterocycles. The summed E-state index contributed by atoms with van der Waals surface area (Å²) in [6.07, 6.45) is 0.212. The number of nitrogens with zero attached hydrogens (tertiary/aromatic N) is 2. The summed E-state index contributed by atoms with van der Waals surface area (Å²) in [5.41, 5.74) is -0.872. The second-order valence-electron chi connectivity index (χ2n) is 7.70. The van der Waals surface area contributed by atoms with Crippen molar-refractivity contribution in [3.63, 3.8) is 0 Å². The quantitative estimate of drug-likeness (QED) is 0.653. The summed E-state index contributed by atoms with van der Waals surface area (Å²) in [7, 11) is 0. The van der Waals surface area contributed by atoms with Gasteiger partial charge < -0.3 is 9.64 Å². The second-order valence-corrected chi connectivity index (χ2v) is 7.70. The van der Waals surface area contributed by atoms with E-state index in [0.717, 1.165) is 0 Å². The van der Waals surface area contributed by atoms with Crippen LogP contribution in [-0.2, 0) is 4.74 Å². The number of rotatable bonds is 3. The van der Waals surface area contributed by atoms with Crippen molar-refractivity contribution in [1.82, 2.24) is 10.2 Å². The van der Waals surface area contributed by atoms with E-state index >= 15 is 0 Å². The van der Waals surface area contributed by atoms with Crippen LogP contribution >= 0.6 is 0 Å². The summed E-state index contributed by atoms with van der Waals surface area (Å²) in [4.78, 5) is 41.4. The molecule has 7 nitrogen and oxygen atoms in total. The van der Waals surface area contributed by atoms with Crippen LogP contribution in [0.5, 0.6) is 0 Å². The van der Waals surface area contributed by atoms with Crippen LogP contribution in [0.1, 0.15) is 61.3 Å². The summed E-state index contributed by atoms with van der Waals surface area (Å²) in [6, 6.07) is 6.41. The Kier molecular flexibility index (Phi) is 5.89. The lowest BCUT2D eigenvalue weighted by atomic mass is 9.97. The van der Waals surface area contributed by atoms with E-state index in [0.29, 0.717) is 37.1 Å². The van der Waals surface area contributed by atoms with Crippen LogP contribution in [0.25, 0.3) is 4.85 Å². The number of carbonyl (C=O) groups is 3. The zero-order chi connectivity index (χ0) is 20.2. The molecule has 1 heterocycles. The molecule has 144 valence electrons. The number of piperidine rings is 1. The molecule has 0 unspecified atom stereocenters. The molecular formula is C20H25N3O4. The van der Waals surface area contributed by atoms with Crippen molar-refractivity contribution in [2.75, 3.05) is 13.1 Å². The molecule has 1 N–H and O–H groups in total. The van der Waals surface area contributed by atoms with Gasteiger partial charge in [0.15, 0.2) is 5.78 Å². The fraction of sp³-hybridized carbons (Fsp3) is 0.500. The van der Waals surface area contributed by atoms with Gasteiger partial charge in [-0.2, -0.15) is 0 Å². The molecule has 1 aromatic carbocycles. The average molecular weight is 371 g/mol. The van der Waals surface area contributed by atoms with Crippen LogP contribution in [0, 0.1) is 6.57 Å². The Morgan fingerprint density at radius 1 is 1.19 bits per heavy atom. The number of carbonyl (C=O) groups excluding carboxylic acids is 3. The number of nitrogens with one attached hydrogen (secondary N) is 1. The van der Waals surface area contributed by atoms with Crippen molar-refractivity contribution in [3.8, 4) is 0 Å². The maximum Gasteiger partial charge on any atom is 0.410 e. The largest absolute Gasteiger partial charge is 0.444 e. The molecule has 1 fully saturated rings. The maximum atomic E-state index is 12.6. The second kappa shape index (κ2) is 7.78. The van der Waals surface area contributed by atoms with Crippen LogP contribution in [0.15, 0.2) is 24.3 Å². The molecule has 0 spiro atoms. The predicted molar refractivity (Wildman–Crippen MR) is 100 cm³/mol. The third kappa shape index (κ3) is 5.30. The topological polar surface area (TPSA) is 80.1 Å². The van der Waals surface area contributed by atoms with Gasteiger partial charge in [0, 0.05) is 24.2 Å². The highest BCUT2D eigenvalue weighted by Gasteiger charge is 2.43. The van der Waals surface area contributed by atoms with Crippen molar-refractivity contribution in [2.24, 2.45) is 0 Å². The first kappa shape index (κ1) is 20.4. The highest BCUT2D eigenvalue weighted by molar-refractivity contribution is 5.99. The zero-order valence-electron chi connectivity index (χ0n) is 16.2. The number of ketones is 1. The molecule has 2 amide bonds. The fourth-order valence-electron chi connectivity index (χ4n) is 2.81. The Labute approximate surface area is 159 Å². The Bertz CT molecular complexity index is 781. The van der Waals surface area contributed by atoms with Crippen LogP contribution < -0.4 is 5.32 Å². The van der Waals surface area contributed by atoms with Crippen LogP contribution in [-0.4, -0.2) is 47.0 Å². The molecule has 0 saturated carbocycles. The number of amides is 2. The normalized spacial score (nSPS) is 16.2. The van der Waals surface area contributed by atoms with Gasteiger partial charge in [0.25, 0.3) is 5.91 Å². The number of Topliss-reactive ketones (excluding diaryl/α,β-unsaturated/α-hetero) is 1. The molecule has 0 aromatic heterocycles. The average Bonchev–Trinajstić information content (AvgIpc) is 2.60. The van der Waals surface area contributed by atoms with E-state index in [1.165, 1.54) is 13.0 Å². The van der Waals surface area contributed by atoms with Crippen molar-refractivity contribution < 1.29 is 19.1 Å². The Morgan fingerprint density at radius 3 is 2.30 bits per heavy atom. The van der Waals surface area contributed by atoms with Gasteiger partial charge >= 0.3 is 11.8 Å². The number of benzene rings is 1.